The zero-order chi connectivity index (χ0) is 21.1. The highest BCUT2D eigenvalue weighted by Crippen LogP contribution is 2.40. The number of aromatic carboxylic acids is 1. The number of nitriles is 1. The smallest absolute Gasteiger partial charge is 0.335 e. The van der Waals surface area contributed by atoms with Crippen LogP contribution in [0.15, 0.2) is 84.9 Å². The van der Waals surface area contributed by atoms with Gasteiger partial charge in [-0.2, -0.15) is 5.26 Å². The summed E-state index contributed by atoms with van der Waals surface area (Å²) in [5.41, 5.74) is 11.5. The minimum atomic E-state index is -0.967. The molecular formula is C25H19N3O2. The third-order valence-electron chi connectivity index (χ3n) is 5.07. The van der Waals surface area contributed by atoms with E-state index in [1.54, 1.807) is 24.3 Å². The Labute approximate surface area is 174 Å². The van der Waals surface area contributed by atoms with Crippen LogP contribution in [-0.4, -0.2) is 15.6 Å². The van der Waals surface area contributed by atoms with Gasteiger partial charge in [-0.15, -0.1) is 0 Å². The molecule has 4 aromatic rings. The van der Waals surface area contributed by atoms with Crippen LogP contribution in [-0.2, 0) is 6.54 Å². The van der Waals surface area contributed by atoms with Crippen molar-refractivity contribution in [1.29, 1.82) is 5.26 Å². The molecule has 0 radical (unpaired) electrons. The van der Waals surface area contributed by atoms with Crippen LogP contribution < -0.4 is 5.73 Å². The highest BCUT2D eigenvalue weighted by atomic mass is 16.4. The normalized spacial score (nSPS) is 10.5. The van der Waals surface area contributed by atoms with Crippen LogP contribution in [0.2, 0.25) is 0 Å². The Bertz CT molecular complexity index is 1240. The molecule has 5 heteroatoms. The van der Waals surface area contributed by atoms with E-state index in [1.165, 1.54) is 0 Å². The molecule has 146 valence electrons. The lowest BCUT2D eigenvalue weighted by molar-refractivity contribution is 0.0697. The molecule has 3 N–H and O–H groups in total. The van der Waals surface area contributed by atoms with E-state index in [0.717, 1.165) is 27.9 Å². The third kappa shape index (κ3) is 3.43. The van der Waals surface area contributed by atoms with Crippen molar-refractivity contribution >= 4 is 11.8 Å². The number of rotatable bonds is 5. The number of anilines is 1. The van der Waals surface area contributed by atoms with Gasteiger partial charge in [0, 0.05) is 12.1 Å². The highest BCUT2D eigenvalue weighted by Gasteiger charge is 2.23. The van der Waals surface area contributed by atoms with E-state index in [9.17, 15) is 10.1 Å². The first kappa shape index (κ1) is 19.0. The van der Waals surface area contributed by atoms with E-state index in [0.29, 0.717) is 17.9 Å². The standard InChI is InChI=1S/C25H19N3O2/c26-15-21-22(18-7-3-1-4-8-18)23(19-9-5-2-6-10-19)28(24(21)27)16-17-11-13-20(14-12-17)25(29)30/h1-14H,16,27H2,(H,29,30). The molecule has 0 atom stereocenters. The first-order chi connectivity index (χ1) is 14.6. The average molecular weight is 393 g/mol. The van der Waals surface area contributed by atoms with Crippen LogP contribution in [0.5, 0.6) is 0 Å². The molecule has 1 aromatic heterocycles. The summed E-state index contributed by atoms with van der Waals surface area (Å²) in [6, 6.07) is 28.5. The van der Waals surface area contributed by atoms with Crippen molar-refractivity contribution in [3.8, 4) is 28.5 Å². The summed E-state index contributed by atoms with van der Waals surface area (Å²) < 4.78 is 1.92. The summed E-state index contributed by atoms with van der Waals surface area (Å²) in [5.74, 6) is -0.581. The number of nitrogens with zero attached hydrogens (tertiary/aromatic N) is 2. The maximum Gasteiger partial charge on any atom is 0.335 e. The van der Waals surface area contributed by atoms with Gasteiger partial charge in [0.1, 0.15) is 17.5 Å². The van der Waals surface area contributed by atoms with Crippen LogP contribution in [0.4, 0.5) is 5.82 Å². The van der Waals surface area contributed by atoms with Crippen LogP contribution in [0.1, 0.15) is 21.5 Å². The Balaban J connectivity index is 1.93. The van der Waals surface area contributed by atoms with Gasteiger partial charge in [-0.1, -0.05) is 72.8 Å². The fourth-order valence-corrected chi connectivity index (χ4v) is 3.63. The molecule has 0 bridgehead atoms. The Hall–Kier alpha value is -4.30. The van der Waals surface area contributed by atoms with Crippen molar-refractivity contribution in [3.05, 3.63) is 102 Å². The van der Waals surface area contributed by atoms with Crippen LogP contribution in [0, 0.1) is 11.3 Å². The molecule has 0 amide bonds. The van der Waals surface area contributed by atoms with Crippen LogP contribution in [0.3, 0.4) is 0 Å². The van der Waals surface area contributed by atoms with Crippen molar-refractivity contribution in [2.75, 3.05) is 5.73 Å². The number of nitrogen functional groups attached to an aromatic ring is 1. The Morgan fingerprint density at radius 1 is 0.900 bits per heavy atom. The lowest BCUT2D eigenvalue weighted by atomic mass is 9.98. The lowest BCUT2D eigenvalue weighted by Gasteiger charge is -2.14. The molecule has 0 aliphatic rings. The third-order valence-corrected chi connectivity index (χ3v) is 5.07. The van der Waals surface area contributed by atoms with E-state index in [4.69, 9.17) is 10.8 Å². The molecular weight excluding hydrogens is 374 g/mol. The van der Waals surface area contributed by atoms with Crippen molar-refractivity contribution < 1.29 is 9.90 Å². The lowest BCUT2D eigenvalue weighted by Crippen LogP contribution is -2.07. The maximum atomic E-state index is 11.1. The monoisotopic (exact) mass is 393 g/mol. The zero-order valence-corrected chi connectivity index (χ0v) is 16.1. The Kier molecular flexibility index (Phi) is 5.06. The number of carbonyl (C=O) groups is 1. The highest BCUT2D eigenvalue weighted by molar-refractivity contribution is 5.91. The summed E-state index contributed by atoms with van der Waals surface area (Å²) >= 11 is 0. The number of aromatic nitrogens is 1. The van der Waals surface area contributed by atoms with E-state index < -0.39 is 5.97 Å². The molecule has 0 aliphatic heterocycles. The predicted octanol–water partition coefficient (Wildman–Crippen LogP) is 5.02. The molecule has 1 heterocycles. The van der Waals surface area contributed by atoms with Gasteiger partial charge in [0.25, 0.3) is 0 Å². The van der Waals surface area contributed by atoms with Gasteiger partial charge in [-0.05, 0) is 28.8 Å². The van der Waals surface area contributed by atoms with Gasteiger partial charge in [0.15, 0.2) is 0 Å². The SMILES string of the molecule is N#Cc1c(-c2ccccc2)c(-c2ccccc2)n(Cc2ccc(C(=O)O)cc2)c1N. The van der Waals surface area contributed by atoms with Gasteiger partial charge in [0.2, 0.25) is 0 Å². The molecule has 30 heavy (non-hydrogen) atoms. The largest absolute Gasteiger partial charge is 0.478 e. The van der Waals surface area contributed by atoms with Gasteiger partial charge in [-0.25, -0.2) is 4.79 Å². The first-order valence-electron chi connectivity index (χ1n) is 9.45. The summed E-state index contributed by atoms with van der Waals surface area (Å²) in [5, 5.41) is 19.0. The van der Waals surface area contributed by atoms with Gasteiger partial charge in [-0.3, -0.25) is 0 Å². The first-order valence-corrected chi connectivity index (χ1v) is 9.45. The van der Waals surface area contributed by atoms with E-state index in [-0.39, 0.29) is 5.56 Å². The minimum Gasteiger partial charge on any atom is -0.478 e. The topological polar surface area (TPSA) is 92.0 Å². The van der Waals surface area contributed by atoms with E-state index >= 15 is 0 Å². The molecule has 0 saturated heterocycles. The summed E-state index contributed by atoms with van der Waals surface area (Å²) in [4.78, 5) is 11.1. The summed E-state index contributed by atoms with van der Waals surface area (Å²) in [6.07, 6.45) is 0. The average Bonchev–Trinajstić information content (AvgIpc) is 3.06. The summed E-state index contributed by atoms with van der Waals surface area (Å²) in [7, 11) is 0. The molecule has 0 aliphatic carbocycles. The number of carboxylic acids is 1. The molecule has 0 fully saturated rings. The molecule has 4 rings (SSSR count). The van der Waals surface area contributed by atoms with Crippen molar-refractivity contribution in [1.82, 2.24) is 4.57 Å². The number of carboxylic acid groups (broad SMARTS) is 1. The Morgan fingerprint density at radius 3 is 2.00 bits per heavy atom. The van der Waals surface area contributed by atoms with Gasteiger partial charge >= 0.3 is 5.97 Å². The maximum absolute atomic E-state index is 11.1. The fourth-order valence-electron chi connectivity index (χ4n) is 3.63. The van der Waals surface area contributed by atoms with E-state index in [2.05, 4.69) is 6.07 Å². The molecule has 0 spiro atoms. The van der Waals surface area contributed by atoms with Crippen LogP contribution >= 0.6 is 0 Å². The van der Waals surface area contributed by atoms with Crippen molar-refractivity contribution in [3.63, 3.8) is 0 Å². The quantitative estimate of drug-likeness (QED) is 0.498. The van der Waals surface area contributed by atoms with Crippen molar-refractivity contribution in [2.45, 2.75) is 6.54 Å². The zero-order valence-electron chi connectivity index (χ0n) is 16.1. The second-order valence-electron chi connectivity index (χ2n) is 6.92. The van der Waals surface area contributed by atoms with Crippen molar-refractivity contribution in [2.24, 2.45) is 0 Å². The van der Waals surface area contributed by atoms with Crippen LogP contribution in [0.25, 0.3) is 22.4 Å². The number of nitrogens with two attached hydrogens (primary N) is 1. The fraction of sp³-hybridized carbons (Fsp3) is 0.0400. The summed E-state index contributed by atoms with van der Waals surface area (Å²) in [6.45, 7) is 0.414. The minimum absolute atomic E-state index is 0.227. The molecule has 5 nitrogen and oxygen atoms in total. The molecule has 3 aromatic carbocycles. The predicted molar refractivity (Wildman–Crippen MR) is 117 cm³/mol. The number of hydrogen-bond donors (Lipinski definition) is 2. The Morgan fingerprint density at radius 2 is 1.47 bits per heavy atom. The molecule has 0 saturated carbocycles. The second-order valence-corrected chi connectivity index (χ2v) is 6.92. The second kappa shape index (κ2) is 7.98. The van der Waals surface area contributed by atoms with Gasteiger partial charge < -0.3 is 15.4 Å². The molecule has 0 unspecified atom stereocenters. The number of benzene rings is 3. The van der Waals surface area contributed by atoms with Gasteiger partial charge in [0.05, 0.1) is 11.3 Å². The van der Waals surface area contributed by atoms with E-state index in [1.807, 2.05) is 65.2 Å². The number of hydrogen-bond acceptors (Lipinski definition) is 3.